The molecule has 0 bridgehead atoms. The maximum atomic E-state index is 14.9. The topological polar surface area (TPSA) is 86.7 Å². The number of sulfonamides is 1. The zero-order valence-corrected chi connectivity index (χ0v) is 19.2. The van der Waals surface area contributed by atoms with E-state index in [2.05, 4.69) is 5.32 Å². The molecule has 0 spiro atoms. The molecule has 2 N–H and O–H groups in total. The van der Waals surface area contributed by atoms with Gasteiger partial charge < -0.3 is 10.4 Å². The van der Waals surface area contributed by atoms with E-state index in [4.69, 9.17) is 0 Å². The summed E-state index contributed by atoms with van der Waals surface area (Å²) in [4.78, 5) is 12.1. The summed E-state index contributed by atoms with van der Waals surface area (Å²) in [7, 11) is -3.78. The molecule has 4 rings (SSSR count). The van der Waals surface area contributed by atoms with Crippen LogP contribution in [0.25, 0.3) is 0 Å². The quantitative estimate of drug-likeness (QED) is 0.668. The van der Waals surface area contributed by atoms with Crippen LogP contribution < -0.4 is 5.32 Å². The van der Waals surface area contributed by atoms with Gasteiger partial charge >= 0.3 is 0 Å². The van der Waals surface area contributed by atoms with Crippen LogP contribution in [0.4, 0.5) is 8.78 Å². The second-order valence-electron chi connectivity index (χ2n) is 9.02. The Labute approximate surface area is 192 Å². The molecule has 0 aromatic heterocycles. The van der Waals surface area contributed by atoms with Crippen LogP contribution in [0, 0.1) is 11.6 Å². The van der Waals surface area contributed by atoms with Gasteiger partial charge in [-0.05, 0) is 50.3 Å². The molecule has 1 aliphatic carbocycles. The van der Waals surface area contributed by atoms with Crippen molar-refractivity contribution in [1.29, 1.82) is 0 Å². The average molecular weight is 479 g/mol. The van der Waals surface area contributed by atoms with Crippen molar-refractivity contribution in [2.24, 2.45) is 0 Å². The van der Waals surface area contributed by atoms with Gasteiger partial charge in [-0.2, -0.15) is 4.31 Å². The Kier molecular flexibility index (Phi) is 6.83. The molecular formula is C24H28F2N2O4S. The van der Waals surface area contributed by atoms with Gasteiger partial charge in [-0.1, -0.05) is 30.3 Å². The molecule has 0 radical (unpaired) electrons. The minimum absolute atomic E-state index is 0.0667. The third-order valence-electron chi connectivity index (χ3n) is 6.57. The number of carbonyl (C=O) groups is 1. The minimum Gasteiger partial charge on any atom is -0.393 e. The zero-order valence-electron chi connectivity index (χ0n) is 18.4. The smallest absolute Gasteiger partial charge is 0.224 e. The van der Waals surface area contributed by atoms with Gasteiger partial charge in [0.25, 0.3) is 0 Å². The molecule has 178 valence electrons. The van der Waals surface area contributed by atoms with Gasteiger partial charge in [-0.15, -0.1) is 0 Å². The third kappa shape index (κ3) is 5.10. The second-order valence-corrected chi connectivity index (χ2v) is 11.1. The molecule has 1 amide bonds. The van der Waals surface area contributed by atoms with Crippen molar-refractivity contribution in [2.75, 3.05) is 0 Å². The number of nitrogens with zero attached hydrogens (tertiary/aromatic N) is 1. The molecule has 6 nitrogen and oxygen atoms in total. The highest BCUT2D eigenvalue weighted by Gasteiger charge is 2.40. The van der Waals surface area contributed by atoms with Crippen LogP contribution in [0.15, 0.2) is 42.5 Å². The summed E-state index contributed by atoms with van der Waals surface area (Å²) in [5, 5.41) is 11.3. The number of aliphatic hydroxyl groups excluding tert-OH is 1. The number of aliphatic hydroxyl groups is 1. The molecule has 2 aliphatic rings. The van der Waals surface area contributed by atoms with Crippen molar-refractivity contribution >= 4 is 15.9 Å². The number of carbonyl (C=O) groups excluding carboxylic acids is 1. The Bertz CT molecular complexity index is 1120. The Balaban J connectivity index is 1.50. The van der Waals surface area contributed by atoms with E-state index in [1.807, 2.05) is 6.07 Å². The van der Waals surface area contributed by atoms with Crippen molar-refractivity contribution < 1.29 is 27.1 Å². The fourth-order valence-corrected chi connectivity index (χ4v) is 6.75. The molecule has 2 fully saturated rings. The summed E-state index contributed by atoms with van der Waals surface area (Å²) in [6.07, 6.45) is 1.22. The summed E-state index contributed by atoms with van der Waals surface area (Å²) < 4.78 is 57.5. The number of nitrogens with one attached hydrogen (secondary N) is 1. The van der Waals surface area contributed by atoms with Gasteiger partial charge in [0, 0.05) is 29.8 Å². The summed E-state index contributed by atoms with van der Waals surface area (Å²) in [5.41, 5.74) is 0.523. The lowest BCUT2D eigenvalue weighted by molar-refractivity contribution is -0.122. The Morgan fingerprint density at radius 3 is 2.39 bits per heavy atom. The molecule has 1 saturated heterocycles. The summed E-state index contributed by atoms with van der Waals surface area (Å²) in [5.74, 6) is -1.95. The normalized spacial score (nSPS) is 27.0. The molecule has 1 aliphatic heterocycles. The lowest BCUT2D eigenvalue weighted by Gasteiger charge is -2.37. The van der Waals surface area contributed by atoms with Crippen LogP contribution in [-0.4, -0.2) is 41.9 Å². The minimum atomic E-state index is -3.78. The summed E-state index contributed by atoms with van der Waals surface area (Å²) >= 11 is 0. The van der Waals surface area contributed by atoms with Crippen LogP contribution in [0.1, 0.15) is 54.5 Å². The second kappa shape index (κ2) is 9.48. The maximum absolute atomic E-state index is 14.9. The zero-order chi connectivity index (χ0) is 23.8. The van der Waals surface area contributed by atoms with Gasteiger partial charge in [0.2, 0.25) is 15.9 Å². The van der Waals surface area contributed by atoms with Crippen molar-refractivity contribution in [3.63, 3.8) is 0 Å². The standard InChI is InChI=1S/C24H28F2N2O4S/c1-15-7-8-23(16-5-3-2-4-6-16)33(31,32)28(15)14-18-10-21(25)17(9-22(18)26)11-24(30)27-19-12-20(29)13-19/h2-6,9-10,15,19-20,23,29H,7-8,11-14H2,1H3,(H,27,30)/t15-,19?,20?,23+/m0/s1. The average Bonchev–Trinajstić information content (AvgIpc) is 2.73. The number of amides is 1. The number of rotatable bonds is 6. The van der Waals surface area contributed by atoms with Crippen molar-refractivity contribution in [3.8, 4) is 0 Å². The van der Waals surface area contributed by atoms with Gasteiger partial charge in [0.15, 0.2) is 0 Å². The highest BCUT2D eigenvalue weighted by atomic mass is 32.2. The van der Waals surface area contributed by atoms with E-state index in [-0.39, 0.29) is 36.2 Å². The van der Waals surface area contributed by atoms with Crippen LogP contribution in [0.3, 0.4) is 0 Å². The number of benzene rings is 2. The fraction of sp³-hybridized carbons (Fsp3) is 0.458. The predicted octanol–water partition coefficient (Wildman–Crippen LogP) is 3.20. The van der Waals surface area contributed by atoms with Crippen molar-refractivity contribution in [2.45, 2.75) is 69.0 Å². The Morgan fingerprint density at radius 2 is 1.73 bits per heavy atom. The first-order valence-corrected chi connectivity index (χ1v) is 12.6. The lowest BCUT2D eigenvalue weighted by Crippen LogP contribution is -2.47. The first kappa shape index (κ1) is 23.8. The molecule has 2 aromatic rings. The van der Waals surface area contributed by atoms with Gasteiger partial charge in [0.05, 0.1) is 12.5 Å². The van der Waals surface area contributed by atoms with Crippen LogP contribution in [0.5, 0.6) is 0 Å². The van der Waals surface area contributed by atoms with Crippen molar-refractivity contribution in [3.05, 3.63) is 70.8 Å². The molecule has 1 heterocycles. The SMILES string of the molecule is C[C@H]1CC[C@H](c2ccccc2)S(=O)(=O)N1Cc1cc(F)c(CC(=O)NC2CC(O)C2)cc1F. The van der Waals surface area contributed by atoms with Crippen molar-refractivity contribution in [1.82, 2.24) is 9.62 Å². The number of hydrogen-bond acceptors (Lipinski definition) is 4. The molecule has 9 heteroatoms. The van der Waals surface area contributed by atoms with E-state index >= 15 is 0 Å². The molecule has 2 atom stereocenters. The molecule has 1 saturated carbocycles. The molecule has 0 unspecified atom stereocenters. The van der Waals surface area contributed by atoms with E-state index < -0.39 is 38.9 Å². The lowest BCUT2D eigenvalue weighted by atomic mass is 9.89. The van der Waals surface area contributed by atoms with Gasteiger partial charge in [-0.25, -0.2) is 17.2 Å². The Morgan fingerprint density at radius 1 is 1.09 bits per heavy atom. The van der Waals surface area contributed by atoms with E-state index in [0.29, 0.717) is 31.2 Å². The molecule has 2 aromatic carbocycles. The van der Waals surface area contributed by atoms with Crippen LogP contribution in [0.2, 0.25) is 0 Å². The molecule has 33 heavy (non-hydrogen) atoms. The van der Waals surface area contributed by atoms with E-state index in [1.165, 1.54) is 4.31 Å². The summed E-state index contributed by atoms with van der Waals surface area (Å²) in [6.45, 7) is 1.49. The van der Waals surface area contributed by atoms with E-state index in [9.17, 15) is 27.1 Å². The number of hydrogen-bond donors (Lipinski definition) is 2. The van der Waals surface area contributed by atoms with Gasteiger partial charge in [-0.3, -0.25) is 4.79 Å². The fourth-order valence-electron chi connectivity index (χ4n) is 4.56. The molecular weight excluding hydrogens is 450 g/mol. The van der Waals surface area contributed by atoms with E-state index in [0.717, 1.165) is 12.1 Å². The summed E-state index contributed by atoms with van der Waals surface area (Å²) in [6, 6.07) is 10.4. The van der Waals surface area contributed by atoms with Crippen LogP contribution >= 0.6 is 0 Å². The third-order valence-corrected chi connectivity index (χ3v) is 8.94. The largest absolute Gasteiger partial charge is 0.393 e. The predicted molar refractivity (Wildman–Crippen MR) is 120 cm³/mol. The highest BCUT2D eigenvalue weighted by molar-refractivity contribution is 7.89. The Hall–Kier alpha value is -2.36. The van der Waals surface area contributed by atoms with Crippen LogP contribution in [-0.2, 0) is 27.8 Å². The highest BCUT2D eigenvalue weighted by Crippen LogP contribution is 2.38. The maximum Gasteiger partial charge on any atom is 0.224 e. The van der Waals surface area contributed by atoms with Gasteiger partial charge in [0.1, 0.15) is 16.9 Å². The van der Waals surface area contributed by atoms with E-state index in [1.54, 1.807) is 31.2 Å². The first-order valence-electron chi connectivity index (χ1n) is 11.1. The monoisotopic (exact) mass is 478 g/mol. The number of halogens is 2. The first-order chi connectivity index (χ1) is 15.6.